The molecule has 0 saturated carbocycles. The second kappa shape index (κ2) is 5.40. The molecule has 1 aromatic heterocycles. The molecule has 1 amide bonds. The molecule has 0 aliphatic carbocycles. The molecular weight excluding hydrogens is 196 g/mol. The Morgan fingerprint density at radius 1 is 1.79 bits per heavy atom. The van der Waals surface area contributed by atoms with Gasteiger partial charge in [0.15, 0.2) is 0 Å². The van der Waals surface area contributed by atoms with Gasteiger partial charge in [0.05, 0.1) is 6.04 Å². The molecule has 1 atom stereocenters. The highest BCUT2D eigenvalue weighted by atomic mass is 32.1. The molecule has 0 radical (unpaired) electrons. The van der Waals surface area contributed by atoms with Crippen LogP contribution in [0.2, 0.25) is 0 Å². The lowest BCUT2D eigenvalue weighted by atomic mass is 10.2. The van der Waals surface area contributed by atoms with Crippen molar-refractivity contribution in [3.63, 3.8) is 0 Å². The van der Waals surface area contributed by atoms with Gasteiger partial charge in [-0.25, -0.2) is 4.98 Å². The zero-order valence-electron chi connectivity index (χ0n) is 8.20. The van der Waals surface area contributed by atoms with Crippen molar-refractivity contribution in [1.82, 2.24) is 10.3 Å². The predicted octanol–water partition coefficient (Wildman–Crippen LogP) is 1.73. The summed E-state index contributed by atoms with van der Waals surface area (Å²) in [6.45, 7) is 3.65. The number of hydrogen-bond acceptors (Lipinski definition) is 3. The lowest BCUT2D eigenvalue weighted by Crippen LogP contribution is -2.26. The number of carbonyl (C=O) groups excluding carboxylic acids is 1. The minimum absolute atomic E-state index is 0.0108. The van der Waals surface area contributed by atoms with Gasteiger partial charge in [-0.3, -0.25) is 4.79 Å². The second-order valence-electron chi connectivity index (χ2n) is 2.68. The van der Waals surface area contributed by atoms with E-state index in [0.29, 0.717) is 0 Å². The Kier molecular flexibility index (Phi) is 4.14. The van der Waals surface area contributed by atoms with Crippen molar-refractivity contribution >= 4 is 17.2 Å². The van der Waals surface area contributed by atoms with Crippen LogP contribution < -0.4 is 5.32 Å². The maximum Gasteiger partial charge on any atom is 0.296 e. The van der Waals surface area contributed by atoms with Crippen LogP contribution in [0.5, 0.6) is 0 Å². The van der Waals surface area contributed by atoms with Gasteiger partial charge in [-0.2, -0.15) is 0 Å². The third-order valence-electron chi connectivity index (χ3n) is 1.70. The third kappa shape index (κ3) is 2.86. The summed E-state index contributed by atoms with van der Waals surface area (Å²) in [5.74, 6) is 4.77. The number of nitrogens with one attached hydrogen (secondary N) is 1. The molecular formula is C10H12N2OS. The van der Waals surface area contributed by atoms with Crippen molar-refractivity contribution in [1.29, 1.82) is 0 Å². The Balaban J connectivity index is 2.63. The van der Waals surface area contributed by atoms with Gasteiger partial charge in [0, 0.05) is 11.6 Å². The fraction of sp³-hybridized carbons (Fsp3) is 0.400. The molecule has 0 aromatic carbocycles. The predicted molar refractivity (Wildman–Crippen MR) is 56.7 cm³/mol. The van der Waals surface area contributed by atoms with Crippen LogP contribution in [0.3, 0.4) is 0 Å². The summed E-state index contributed by atoms with van der Waals surface area (Å²) in [4.78, 5) is 15.4. The number of thiazole rings is 1. The van der Waals surface area contributed by atoms with E-state index >= 15 is 0 Å². The van der Waals surface area contributed by atoms with E-state index in [2.05, 4.69) is 22.1 Å². The summed E-state index contributed by atoms with van der Waals surface area (Å²) in [7, 11) is 0. The molecule has 0 aliphatic rings. The average Bonchev–Trinajstić information content (AvgIpc) is 2.67. The molecule has 4 heteroatoms. The number of rotatable bonds is 3. The molecule has 1 N–H and O–H groups in total. The number of amides is 1. The summed E-state index contributed by atoms with van der Waals surface area (Å²) in [6.07, 6.45) is 2.56. The van der Waals surface area contributed by atoms with Crippen LogP contribution in [0.1, 0.15) is 31.3 Å². The van der Waals surface area contributed by atoms with Crippen molar-refractivity contribution in [3.05, 3.63) is 16.6 Å². The van der Waals surface area contributed by atoms with E-state index in [1.807, 2.05) is 12.3 Å². The highest BCUT2D eigenvalue weighted by Gasteiger charge is 2.13. The SMILES string of the molecule is CC#CC(=O)NC(CC)c1nccs1. The van der Waals surface area contributed by atoms with E-state index in [1.165, 1.54) is 0 Å². The van der Waals surface area contributed by atoms with E-state index in [4.69, 9.17) is 0 Å². The van der Waals surface area contributed by atoms with Crippen molar-refractivity contribution in [2.45, 2.75) is 26.3 Å². The first-order valence-electron chi connectivity index (χ1n) is 4.40. The fourth-order valence-electron chi connectivity index (χ4n) is 1.05. The minimum atomic E-state index is -0.241. The number of hydrogen-bond donors (Lipinski definition) is 1. The first kappa shape index (κ1) is 10.7. The van der Waals surface area contributed by atoms with Gasteiger partial charge in [-0.15, -0.1) is 11.3 Å². The van der Waals surface area contributed by atoms with Crippen molar-refractivity contribution in [2.24, 2.45) is 0 Å². The Labute approximate surface area is 87.6 Å². The first-order valence-corrected chi connectivity index (χ1v) is 5.28. The number of carbonyl (C=O) groups is 1. The molecule has 3 nitrogen and oxygen atoms in total. The summed E-state index contributed by atoms with van der Waals surface area (Å²) >= 11 is 1.54. The Hall–Kier alpha value is -1.34. The molecule has 0 fully saturated rings. The third-order valence-corrected chi connectivity index (χ3v) is 2.59. The summed E-state index contributed by atoms with van der Waals surface area (Å²) in [5, 5.41) is 5.63. The molecule has 0 saturated heterocycles. The van der Waals surface area contributed by atoms with Crippen molar-refractivity contribution in [2.75, 3.05) is 0 Å². The van der Waals surface area contributed by atoms with Crippen LogP contribution in [0.15, 0.2) is 11.6 Å². The minimum Gasteiger partial charge on any atom is -0.336 e. The molecule has 1 rings (SSSR count). The highest BCUT2D eigenvalue weighted by molar-refractivity contribution is 7.09. The summed E-state index contributed by atoms with van der Waals surface area (Å²) in [6, 6.07) is -0.0108. The van der Waals surface area contributed by atoms with Gasteiger partial charge in [0.1, 0.15) is 5.01 Å². The van der Waals surface area contributed by atoms with Gasteiger partial charge in [-0.1, -0.05) is 12.8 Å². The molecule has 1 aromatic rings. The second-order valence-corrected chi connectivity index (χ2v) is 3.61. The summed E-state index contributed by atoms with van der Waals surface area (Å²) < 4.78 is 0. The Morgan fingerprint density at radius 3 is 3.07 bits per heavy atom. The van der Waals surface area contributed by atoms with Crippen LogP contribution in [-0.2, 0) is 4.79 Å². The van der Waals surface area contributed by atoms with E-state index in [9.17, 15) is 4.79 Å². The zero-order chi connectivity index (χ0) is 10.4. The molecule has 0 bridgehead atoms. The van der Waals surface area contributed by atoms with Crippen LogP contribution in [-0.4, -0.2) is 10.9 Å². The summed E-state index contributed by atoms with van der Waals surface area (Å²) in [5.41, 5.74) is 0. The van der Waals surface area contributed by atoms with Crippen LogP contribution in [0.4, 0.5) is 0 Å². The zero-order valence-corrected chi connectivity index (χ0v) is 9.02. The molecule has 74 valence electrons. The van der Waals surface area contributed by atoms with Crippen LogP contribution in [0, 0.1) is 11.8 Å². The van der Waals surface area contributed by atoms with E-state index in [0.717, 1.165) is 11.4 Å². The normalized spacial score (nSPS) is 11.3. The lowest BCUT2D eigenvalue weighted by molar-refractivity contribution is -0.116. The van der Waals surface area contributed by atoms with E-state index in [-0.39, 0.29) is 11.9 Å². The highest BCUT2D eigenvalue weighted by Crippen LogP contribution is 2.18. The maximum absolute atomic E-state index is 11.2. The smallest absolute Gasteiger partial charge is 0.296 e. The van der Waals surface area contributed by atoms with Crippen molar-refractivity contribution in [3.8, 4) is 11.8 Å². The van der Waals surface area contributed by atoms with E-state index < -0.39 is 0 Å². The topological polar surface area (TPSA) is 42.0 Å². The Bertz CT molecular complexity index is 348. The first-order chi connectivity index (χ1) is 6.77. The lowest BCUT2D eigenvalue weighted by Gasteiger charge is -2.11. The van der Waals surface area contributed by atoms with Crippen LogP contribution >= 0.6 is 11.3 Å². The molecule has 14 heavy (non-hydrogen) atoms. The van der Waals surface area contributed by atoms with E-state index in [1.54, 1.807) is 24.5 Å². The van der Waals surface area contributed by atoms with Gasteiger partial charge < -0.3 is 5.32 Å². The van der Waals surface area contributed by atoms with Gasteiger partial charge in [0.2, 0.25) is 0 Å². The quantitative estimate of drug-likeness (QED) is 0.769. The monoisotopic (exact) mass is 208 g/mol. The number of nitrogens with zero attached hydrogens (tertiary/aromatic N) is 1. The maximum atomic E-state index is 11.2. The van der Waals surface area contributed by atoms with Crippen LogP contribution in [0.25, 0.3) is 0 Å². The Morgan fingerprint density at radius 2 is 2.57 bits per heavy atom. The van der Waals surface area contributed by atoms with Gasteiger partial charge >= 0.3 is 0 Å². The van der Waals surface area contributed by atoms with Gasteiger partial charge in [-0.05, 0) is 19.3 Å². The van der Waals surface area contributed by atoms with Gasteiger partial charge in [0.25, 0.3) is 5.91 Å². The molecule has 1 heterocycles. The molecule has 1 unspecified atom stereocenters. The molecule has 0 spiro atoms. The average molecular weight is 208 g/mol. The molecule has 0 aliphatic heterocycles. The number of aromatic nitrogens is 1. The fourth-order valence-corrected chi connectivity index (χ4v) is 1.83. The standard InChI is InChI=1S/C10H12N2OS/c1-3-5-9(13)12-8(4-2)10-11-6-7-14-10/h6-8H,4H2,1-2H3,(H,12,13). The largest absolute Gasteiger partial charge is 0.336 e. The van der Waals surface area contributed by atoms with Crippen molar-refractivity contribution < 1.29 is 4.79 Å².